The minimum Gasteiger partial charge on any atom is -1.00 e. The Morgan fingerprint density at radius 2 is 1.78 bits per heavy atom. The standard InChI is InChI=1S/C20H19N4OS.ClH/c1-23-17-10-6-5-9-16(17)18(19(23)15-7-3-2-4-8-15)21-22-20-24(11-13-25)12-14-26-20;/h2-10,12,14,25H,11,13H2,1H3;1H/q+1;/p-1. The van der Waals surface area contributed by atoms with Crippen molar-refractivity contribution in [3.63, 3.8) is 0 Å². The third-order valence-corrected chi connectivity index (χ3v) is 5.15. The van der Waals surface area contributed by atoms with E-state index in [1.165, 1.54) is 11.3 Å². The van der Waals surface area contributed by atoms with Crippen LogP contribution in [0.25, 0.3) is 22.2 Å². The van der Waals surface area contributed by atoms with Crippen LogP contribution in [0.15, 0.2) is 76.4 Å². The Morgan fingerprint density at radius 1 is 1.04 bits per heavy atom. The highest BCUT2D eigenvalue weighted by molar-refractivity contribution is 7.12. The fourth-order valence-corrected chi connectivity index (χ4v) is 3.85. The lowest BCUT2D eigenvalue weighted by Crippen LogP contribution is -3.00. The molecule has 7 heteroatoms. The summed E-state index contributed by atoms with van der Waals surface area (Å²) in [5.41, 5.74) is 4.13. The Morgan fingerprint density at radius 3 is 2.56 bits per heavy atom. The predicted molar refractivity (Wildman–Crippen MR) is 104 cm³/mol. The van der Waals surface area contributed by atoms with Crippen molar-refractivity contribution in [2.24, 2.45) is 17.3 Å². The number of hydrogen-bond acceptors (Lipinski definition) is 4. The molecule has 0 amide bonds. The molecular formula is C20H19ClN4OS. The van der Waals surface area contributed by atoms with E-state index in [1.54, 1.807) is 0 Å². The van der Waals surface area contributed by atoms with Crippen LogP contribution < -0.4 is 17.0 Å². The van der Waals surface area contributed by atoms with Gasteiger partial charge in [-0.25, -0.2) is 4.57 Å². The number of para-hydroxylation sites is 1. The van der Waals surface area contributed by atoms with Gasteiger partial charge in [0, 0.05) is 23.4 Å². The van der Waals surface area contributed by atoms with Crippen molar-refractivity contribution in [2.75, 3.05) is 6.61 Å². The lowest BCUT2D eigenvalue weighted by atomic mass is 10.1. The third kappa shape index (κ3) is 3.64. The van der Waals surface area contributed by atoms with Crippen molar-refractivity contribution >= 4 is 33.1 Å². The van der Waals surface area contributed by atoms with Crippen molar-refractivity contribution in [3.8, 4) is 11.3 Å². The Bertz CT molecular complexity index is 1070. The van der Waals surface area contributed by atoms with E-state index in [4.69, 9.17) is 0 Å². The molecule has 5 nitrogen and oxygen atoms in total. The van der Waals surface area contributed by atoms with Gasteiger partial charge in [-0.3, -0.25) is 0 Å². The molecule has 0 atom stereocenters. The fraction of sp³-hybridized carbons (Fsp3) is 0.150. The highest BCUT2D eigenvalue weighted by atomic mass is 35.5. The van der Waals surface area contributed by atoms with Crippen molar-refractivity contribution in [1.29, 1.82) is 0 Å². The zero-order valence-electron chi connectivity index (χ0n) is 14.8. The number of halogens is 1. The Kier molecular flexibility index (Phi) is 6.01. The summed E-state index contributed by atoms with van der Waals surface area (Å²) >= 11 is 1.51. The molecule has 0 unspecified atom stereocenters. The largest absolute Gasteiger partial charge is 1.00 e. The number of azo groups is 1. The van der Waals surface area contributed by atoms with Crippen LogP contribution in [0.5, 0.6) is 0 Å². The van der Waals surface area contributed by atoms with E-state index >= 15 is 0 Å². The van der Waals surface area contributed by atoms with Gasteiger partial charge in [0.25, 0.3) is 0 Å². The molecule has 0 saturated carbocycles. The molecule has 0 saturated heterocycles. The van der Waals surface area contributed by atoms with E-state index in [2.05, 4.69) is 46.1 Å². The number of fused-ring (bicyclic) bond motifs is 1. The molecule has 2 aromatic carbocycles. The molecule has 0 fully saturated rings. The second kappa shape index (κ2) is 8.43. The maximum atomic E-state index is 9.19. The molecule has 2 heterocycles. The molecule has 4 aromatic rings. The normalized spacial score (nSPS) is 11.2. The molecule has 138 valence electrons. The van der Waals surface area contributed by atoms with E-state index in [0.717, 1.165) is 33.0 Å². The van der Waals surface area contributed by atoms with Gasteiger partial charge in [0.15, 0.2) is 0 Å². The lowest BCUT2D eigenvalue weighted by Gasteiger charge is -2.04. The average Bonchev–Trinajstić information content (AvgIpc) is 3.23. The molecule has 4 rings (SSSR count). The summed E-state index contributed by atoms with van der Waals surface area (Å²) in [5, 5.41) is 22.1. The van der Waals surface area contributed by atoms with Gasteiger partial charge in [0.2, 0.25) is 0 Å². The van der Waals surface area contributed by atoms with Gasteiger partial charge in [0.1, 0.15) is 18.4 Å². The number of benzene rings is 2. The molecule has 0 aliphatic carbocycles. The number of aryl methyl sites for hydroxylation is 1. The van der Waals surface area contributed by atoms with Gasteiger partial charge in [-0.2, -0.15) is 0 Å². The first kappa shape index (κ1) is 19.2. The summed E-state index contributed by atoms with van der Waals surface area (Å²) in [7, 11) is 2.06. The summed E-state index contributed by atoms with van der Waals surface area (Å²) in [6.45, 7) is 0.590. The SMILES string of the molecule is Cn1c(-c2ccccc2)c(N=Nc2scc[n+]2CCO)c2ccccc21.[Cl-]. The molecule has 0 aliphatic heterocycles. The second-order valence-electron chi connectivity index (χ2n) is 5.94. The molecule has 1 N–H and O–H groups in total. The van der Waals surface area contributed by atoms with E-state index in [0.29, 0.717) is 6.54 Å². The number of hydrogen-bond donors (Lipinski definition) is 1. The Hall–Kier alpha value is -2.54. The van der Waals surface area contributed by atoms with Gasteiger partial charge < -0.3 is 22.1 Å². The van der Waals surface area contributed by atoms with E-state index in [1.807, 2.05) is 46.5 Å². The van der Waals surface area contributed by atoms with Crippen LogP contribution in [0.2, 0.25) is 0 Å². The quantitative estimate of drug-likeness (QED) is 0.403. The van der Waals surface area contributed by atoms with E-state index in [9.17, 15) is 5.11 Å². The maximum absolute atomic E-state index is 9.19. The molecule has 0 spiro atoms. The van der Waals surface area contributed by atoms with Crippen LogP contribution in [0, 0.1) is 0 Å². The van der Waals surface area contributed by atoms with Gasteiger partial charge in [-0.05, 0) is 22.5 Å². The summed E-state index contributed by atoms with van der Waals surface area (Å²) in [4.78, 5) is 0. The third-order valence-electron chi connectivity index (χ3n) is 4.36. The fourth-order valence-electron chi connectivity index (χ4n) is 3.15. The van der Waals surface area contributed by atoms with Crippen LogP contribution in [0.4, 0.5) is 10.8 Å². The second-order valence-corrected chi connectivity index (χ2v) is 6.82. The van der Waals surface area contributed by atoms with Crippen LogP contribution in [-0.2, 0) is 13.6 Å². The van der Waals surface area contributed by atoms with E-state index in [-0.39, 0.29) is 19.0 Å². The summed E-state index contributed by atoms with van der Waals surface area (Å²) in [6.07, 6.45) is 1.91. The smallest absolute Gasteiger partial charge is 0.408 e. The lowest BCUT2D eigenvalue weighted by molar-refractivity contribution is -0.681. The summed E-state index contributed by atoms with van der Waals surface area (Å²) in [6, 6.07) is 18.5. The predicted octanol–water partition coefficient (Wildman–Crippen LogP) is 1.61. The van der Waals surface area contributed by atoms with Gasteiger partial charge in [0.05, 0.1) is 22.9 Å². The maximum Gasteiger partial charge on any atom is 0.408 e. The van der Waals surface area contributed by atoms with Crippen molar-refractivity contribution in [1.82, 2.24) is 4.57 Å². The van der Waals surface area contributed by atoms with Gasteiger partial charge in [-0.15, -0.1) is 0 Å². The van der Waals surface area contributed by atoms with Crippen LogP contribution in [0.1, 0.15) is 0 Å². The first-order valence-electron chi connectivity index (χ1n) is 8.42. The molecule has 0 radical (unpaired) electrons. The number of aliphatic hydroxyl groups is 1. The first-order chi connectivity index (χ1) is 12.8. The topological polar surface area (TPSA) is 53.8 Å². The Balaban J connectivity index is 0.00000210. The van der Waals surface area contributed by atoms with Crippen LogP contribution in [-0.4, -0.2) is 16.3 Å². The van der Waals surface area contributed by atoms with Crippen molar-refractivity contribution < 1.29 is 22.1 Å². The van der Waals surface area contributed by atoms with Crippen LogP contribution >= 0.6 is 11.3 Å². The zero-order chi connectivity index (χ0) is 17.9. The van der Waals surface area contributed by atoms with Crippen molar-refractivity contribution in [3.05, 3.63) is 66.2 Å². The minimum absolute atomic E-state index is 0. The molecule has 2 aromatic heterocycles. The molecular weight excluding hydrogens is 380 g/mol. The van der Waals surface area contributed by atoms with Gasteiger partial charge in [-0.1, -0.05) is 48.5 Å². The first-order valence-corrected chi connectivity index (χ1v) is 9.30. The number of aliphatic hydroxyl groups excluding tert-OH is 1. The minimum atomic E-state index is 0. The number of thiazole rings is 1. The van der Waals surface area contributed by atoms with Crippen LogP contribution in [0.3, 0.4) is 0 Å². The van der Waals surface area contributed by atoms with Crippen molar-refractivity contribution in [2.45, 2.75) is 6.54 Å². The number of aromatic nitrogens is 2. The number of nitrogens with zero attached hydrogens (tertiary/aromatic N) is 4. The number of rotatable bonds is 5. The molecule has 27 heavy (non-hydrogen) atoms. The summed E-state index contributed by atoms with van der Waals surface area (Å²) in [5.74, 6) is 0. The molecule has 0 bridgehead atoms. The zero-order valence-corrected chi connectivity index (χ0v) is 16.4. The Labute approximate surface area is 167 Å². The van der Waals surface area contributed by atoms with E-state index < -0.39 is 0 Å². The molecule has 0 aliphatic rings. The van der Waals surface area contributed by atoms with Gasteiger partial charge >= 0.3 is 5.13 Å². The monoisotopic (exact) mass is 398 g/mol. The summed E-state index contributed by atoms with van der Waals surface area (Å²) < 4.78 is 4.07. The average molecular weight is 399 g/mol. The highest BCUT2D eigenvalue weighted by Gasteiger charge is 2.19. The highest BCUT2D eigenvalue weighted by Crippen LogP contribution is 2.40.